The molecule has 0 heterocycles. The van der Waals surface area contributed by atoms with E-state index < -0.39 is 23.5 Å². The van der Waals surface area contributed by atoms with Gasteiger partial charge in [-0.2, -0.15) is 8.78 Å². The van der Waals surface area contributed by atoms with Crippen molar-refractivity contribution < 1.29 is 32.5 Å². The lowest BCUT2D eigenvalue weighted by Crippen LogP contribution is -2.23. The van der Waals surface area contributed by atoms with Crippen LogP contribution >= 0.6 is 0 Å². The molecule has 0 radical (unpaired) electrons. The summed E-state index contributed by atoms with van der Waals surface area (Å²) in [5, 5.41) is 8.56. The van der Waals surface area contributed by atoms with Crippen molar-refractivity contribution in [1.29, 1.82) is 0 Å². The van der Waals surface area contributed by atoms with Crippen LogP contribution in [0, 0.1) is 5.82 Å². The van der Waals surface area contributed by atoms with Gasteiger partial charge in [0.1, 0.15) is 22.9 Å². The fourth-order valence-electron chi connectivity index (χ4n) is 2.17. The summed E-state index contributed by atoms with van der Waals surface area (Å²) in [4.78, 5) is 10.5. The van der Waals surface area contributed by atoms with E-state index in [1.165, 1.54) is 36.4 Å². The van der Waals surface area contributed by atoms with E-state index in [2.05, 4.69) is 4.74 Å². The minimum absolute atomic E-state index is 0.176. The molecule has 1 N–H and O–H groups in total. The Morgan fingerprint density at radius 2 is 1.81 bits per heavy atom. The molecule has 0 amide bonds. The average Bonchev–Trinajstić information content (AvgIpc) is 2.61. The second-order valence-corrected chi connectivity index (χ2v) is 5.70. The van der Waals surface area contributed by atoms with Crippen molar-refractivity contribution in [1.82, 2.24) is 0 Å². The first-order chi connectivity index (χ1) is 12.8. The molecule has 2 rings (SSSR count). The predicted molar refractivity (Wildman–Crippen MR) is 94.4 cm³/mol. The first-order valence-electron chi connectivity index (χ1n) is 8.32. The number of hydrogen-bond acceptors (Lipinski definition) is 3. The Hall–Kier alpha value is -2.96. The number of rotatable bonds is 9. The number of hydrogen-bond donors (Lipinski definition) is 1. The standard InChI is InChI=1S/C20H19F3O4/c1-2-3-12-26-16-9-10-17(18(21)13-16)20(22,23)27-15-7-4-14(5-8-15)6-11-19(24)25/h4-11,13H,2-3,12H2,1H3,(H,24,25)/b11-6+. The van der Waals surface area contributed by atoms with Gasteiger partial charge in [0.15, 0.2) is 0 Å². The first kappa shape index (κ1) is 20.4. The molecular weight excluding hydrogens is 361 g/mol. The molecule has 0 saturated heterocycles. The van der Waals surface area contributed by atoms with Crippen molar-refractivity contribution in [3.05, 3.63) is 65.5 Å². The van der Waals surface area contributed by atoms with Crippen LogP contribution in [0.15, 0.2) is 48.5 Å². The summed E-state index contributed by atoms with van der Waals surface area (Å²) in [6, 6.07) is 8.41. The van der Waals surface area contributed by atoms with Gasteiger partial charge < -0.3 is 14.6 Å². The molecule has 27 heavy (non-hydrogen) atoms. The number of ether oxygens (including phenoxy) is 2. The Morgan fingerprint density at radius 1 is 1.15 bits per heavy atom. The highest BCUT2D eigenvalue weighted by atomic mass is 19.3. The number of alkyl halides is 2. The van der Waals surface area contributed by atoms with Gasteiger partial charge in [0.2, 0.25) is 0 Å². The minimum Gasteiger partial charge on any atom is -0.493 e. The van der Waals surface area contributed by atoms with Crippen molar-refractivity contribution in [2.45, 2.75) is 25.9 Å². The van der Waals surface area contributed by atoms with Crippen LogP contribution in [0.25, 0.3) is 6.08 Å². The molecule has 0 unspecified atom stereocenters. The van der Waals surface area contributed by atoms with E-state index in [0.717, 1.165) is 31.1 Å². The summed E-state index contributed by atoms with van der Waals surface area (Å²) >= 11 is 0. The molecule has 0 aliphatic rings. The van der Waals surface area contributed by atoms with E-state index in [1.807, 2.05) is 6.92 Å². The third-order valence-electron chi connectivity index (χ3n) is 3.57. The van der Waals surface area contributed by atoms with Crippen LogP contribution in [-0.2, 0) is 10.9 Å². The van der Waals surface area contributed by atoms with Crippen LogP contribution in [0.1, 0.15) is 30.9 Å². The fourth-order valence-corrected chi connectivity index (χ4v) is 2.17. The van der Waals surface area contributed by atoms with E-state index in [9.17, 15) is 18.0 Å². The van der Waals surface area contributed by atoms with Gasteiger partial charge >= 0.3 is 12.1 Å². The van der Waals surface area contributed by atoms with Gasteiger partial charge in [-0.05, 0) is 42.3 Å². The SMILES string of the molecule is CCCCOc1ccc(C(F)(F)Oc2ccc(/C=C/C(=O)O)cc2)c(F)c1. The maximum atomic E-state index is 14.3. The number of carbonyl (C=O) groups is 1. The smallest absolute Gasteiger partial charge is 0.429 e. The van der Waals surface area contributed by atoms with Crippen LogP contribution < -0.4 is 9.47 Å². The quantitative estimate of drug-likeness (QED) is 0.478. The number of unbranched alkanes of at least 4 members (excludes halogenated alkanes) is 1. The third kappa shape index (κ3) is 6.06. The Balaban J connectivity index is 2.10. The fraction of sp³-hybridized carbons (Fsp3) is 0.250. The summed E-state index contributed by atoms with van der Waals surface area (Å²) in [6.45, 7) is 2.35. The maximum absolute atomic E-state index is 14.3. The zero-order chi connectivity index (χ0) is 19.9. The molecule has 144 valence electrons. The van der Waals surface area contributed by atoms with Gasteiger partial charge in [0.05, 0.1) is 6.61 Å². The Kier molecular flexibility index (Phi) is 6.87. The number of carboxylic acids is 1. The number of aliphatic carboxylic acids is 1. The lowest BCUT2D eigenvalue weighted by molar-refractivity contribution is -0.187. The molecule has 0 spiro atoms. The highest BCUT2D eigenvalue weighted by molar-refractivity contribution is 5.85. The van der Waals surface area contributed by atoms with E-state index in [1.54, 1.807) is 0 Å². The monoisotopic (exact) mass is 380 g/mol. The second kappa shape index (κ2) is 9.12. The molecule has 0 bridgehead atoms. The lowest BCUT2D eigenvalue weighted by Gasteiger charge is -2.19. The summed E-state index contributed by atoms with van der Waals surface area (Å²) in [5.41, 5.74) is -0.409. The van der Waals surface area contributed by atoms with Gasteiger partial charge in [-0.25, -0.2) is 9.18 Å². The molecule has 2 aromatic carbocycles. The van der Waals surface area contributed by atoms with Crippen LogP contribution in [0.2, 0.25) is 0 Å². The second-order valence-electron chi connectivity index (χ2n) is 5.70. The van der Waals surface area contributed by atoms with Gasteiger partial charge in [0, 0.05) is 12.1 Å². The molecule has 0 aliphatic carbocycles. The van der Waals surface area contributed by atoms with Crippen LogP contribution in [0.5, 0.6) is 11.5 Å². The average molecular weight is 380 g/mol. The van der Waals surface area contributed by atoms with Gasteiger partial charge in [-0.15, -0.1) is 0 Å². The highest BCUT2D eigenvalue weighted by Crippen LogP contribution is 2.34. The number of halogens is 3. The van der Waals surface area contributed by atoms with Crippen LogP contribution in [0.4, 0.5) is 13.2 Å². The van der Waals surface area contributed by atoms with E-state index in [4.69, 9.17) is 9.84 Å². The lowest BCUT2D eigenvalue weighted by atomic mass is 10.1. The minimum atomic E-state index is -3.88. The predicted octanol–water partition coefficient (Wildman–Crippen LogP) is 5.23. The van der Waals surface area contributed by atoms with Crippen LogP contribution in [-0.4, -0.2) is 17.7 Å². The zero-order valence-electron chi connectivity index (χ0n) is 14.6. The third-order valence-corrected chi connectivity index (χ3v) is 3.57. The van der Waals surface area contributed by atoms with Crippen molar-refractivity contribution in [2.24, 2.45) is 0 Å². The normalized spacial score (nSPS) is 11.6. The molecule has 0 atom stereocenters. The van der Waals surface area contributed by atoms with Gasteiger partial charge in [0.25, 0.3) is 0 Å². The summed E-state index contributed by atoms with van der Waals surface area (Å²) in [6.07, 6.45) is 0.0211. The largest absolute Gasteiger partial charge is 0.493 e. The van der Waals surface area contributed by atoms with E-state index in [0.29, 0.717) is 12.2 Å². The van der Waals surface area contributed by atoms with Crippen LogP contribution in [0.3, 0.4) is 0 Å². The highest BCUT2D eigenvalue weighted by Gasteiger charge is 2.37. The van der Waals surface area contributed by atoms with Gasteiger partial charge in [-0.1, -0.05) is 25.5 Å². The number of benzene rings is 2. The molecule has 0 aliphatic heterocycles. The van der Waals surface area contributed by atoms with E-state index in [-0.39, 0.29) is 11.5 Å². The summed E-state index contributed by atoms with van der Waals surface area (Å²) in [5.74, 6) is -2.26. The molecule has 0 fully saturated rings. The zero-order valence-corrected chi connectivity index (χ0v) is 14.6. The van der Waals surface area contributed by atoms with Crippen molar-refractivity contribution in [2.75, 3.05) is 6.61 Å². The Morgan fingerprint density at radius 3 is 2.41 bits per heavy atom. The van der Waals surface area contributed by atoms with Crippen molar-refractivity contribution >= 4 is 12.0 Å². The molecule has 0 aromatic heterocycles. The molecule has 7 heteroatoms. The molecule has 0 saturated carbocycles. The molecular formula is C20H19F3O4. The van der Waals surface area contributed by atoms with E-state index >= 15 is 0 Å². The Bertz CT molecular complexity index is 801. The topological polar surface area (TPSA) is 55.8 Å². The summed E-state index contributed by atoms with van der Waals surface area (Å²) < 4.78 is 52.6. The molecule has 2 aromatic rings. The van der Waals surface area contributed by atoms with Crippen molar-refractivity contribution in [3.8, 4) is 11.5 Å². The maximum Gasteiger partial charge on any atom is 0.429 e. The number of carboxylic acid groups (broad SMARTS) is 1. The van der Waals surface area contributed by atoms with Crippen molar-refractivity contribution in [3.63, 3.8) is 0 Å². The van der Waals surface area contributed by atoms with Gasteiger partial charge in [-0.3, -0.25) is 0 Å². The first-order valence-corrected chi connectivity index (χ1v) is 8.32. The summed E-state index contributed by atoms with van der Waals surface area (Å²) in [7, 11) is 0. The molecule has 4 nitrogen and oxygen atoms in total. The Labute approximate surface area is 154 Å².